The van der Waals surface area contributed by atoms with E-state index in [4.69, 9.17) is 4.28 Å². The number of non-ortho nitro benzene ring substituents is 1. The van der Waals surface area contributed by atoms with Gasteiger partial charge in [0.15, 0.2) is 0 Å². The number of fused-ring (bicyclic) bond motifs is 1. The topological polar surface area (TPSA) is 124 Å². The van der Waals surface area contributed by atoms with Crippen LogP contribution in [-0.2, 0) is 14.4 Å². The van der Waals surface area contributed by atoms with Crippen LogP contribution in [0.4, 0.5) is 5.69 Å². The van der Waals surface area contributed by atoms with Gasteiger partial charge < -0.3 is 0 Å². The number of benzene rings is 2. The molecule has 1 aliphatic heterocycles. The minimum atomic E-state index is -4.45. The maximum Gasteiger partial charge on any atom is 0.318 e. The van der Waals surface area contributed by atoms with Crippen molar-refractivity contribution in [2.45, 2.75) is 31.1 Å². The number of amides is 2. The molecule has 28 heavy (non-hydrogen) atoms. The molecule has 3 rings (SSSR count). The molecule has 0 fully saturated rings. The summed E-state index contributed by atoms with van der Waals surface area (Å²) in [6, 6.07) is 8.98. The van der Waals surface area contributed by atoms with Crippen LogP contribution in [0.2, 0.25) is 0 Å². The van der Waals surface area contributed by atoms with Crippen molar-refractivity contribution in [3.63, 3.8) is 0 Å². The van der Waals surface area contributed by atoms with Crippen molar-refractivity contribution in [2.24, 2.45) is 0 Å². The second-order valence-electron chi connectivity index (χ2n) is 6.30. The lowest BCUT2D eigenvalue weighted by molar-refractivity contribution is -0.384. The molecule has 0 spiro atoms. The molecule has 2 aromatic carbocycles. The molecule has 0 saturated carbocycles. The normalized spacial score (nSPS) is 14.9. The van der Waals surface area contributed by atoms with E-state index in [0.29, 0.717) is 0 Å². The first-order chi connectivity index (χ1) is 13.2. The van der Waals surface area contributed by atoms with Crippen LogP contribution < -0.4 is 0 Å². The van der Waals surface area contributed by atoms with Crippen molar-refractivity contribution in [1.82, 2.24) is 5.06 Å². The zero-order valence-electron chi connectivity index (χ0n) is 15.0. The van der Waals surface area contributed by atoms with Crippen LogP contribution in [-0.4, -0.2) is 30.2 Å². The van der Waals surface area contributed by atoms with E-state index in [-0.39, 0.29) is 27.0 Å². The number of imide groups is 1. The molecule has 0 bridgehead atoms. The third-order valence-electron chi connectivity index (χ3n) is 4.57. The number of hydrogen-bond donors (Lipinski definition) is 0. The van der Waals surface area contributed by atoms with E-state index in [1.165, 1.54) is 12.1 Å². The summed E-state index contributed by atoms with van der Waals surface area (Å²) in [7, 11) is -4.45. The van der Waals surface area contributed by atoms with Gasteiger partial charge in [-0.3, -0.25) is 19.7 Å². The second-order valence-corrected chi connectivity index (χ2v) is 7.83. The van der Waals surface area contributed by atoms with Crippen molar-refractivity contribution >= 4 is 27.6 Å². The van der Waals surface area contributed by atoms with E-state index in [2.05, 4.69) is 0 Å². The van der Waals surface area contributed by atoms with Crippen LogP contribution in [0.3, 0.4) is 0 Å². The first kappa shape index (κ1) is 19.6. The number of carbonyl (C=O) groups is 2. The van der Waals surface area contributed by atoms with Gasteiger partial charge >= 0.3 is 10.1 Å². The Labute approximate surface area is 160 Å². The van der Waals surface area contributed by atoms with Crippen LogP contribution in [0.15, 0.2) is 47.4 Å². The van der Waals surface area contributed by atoms with Crippen molar-refractivity contribution in [1.29, 1.82) is 0 Å². The summed E-state index contributed by atoms with van der Waals surface area (Å²) in [5.74, 6) is -1.84. The molecule has 0 aliphatic carbocycles. The zero-order chi connectivity index (χ0) is 20.6. The minimum absolute atomic E-state index is 0.103. The minimum Gasteiger partial charge on any atom is -0.266 e. The zero-order valence-corrected chi connectivity index (χ0v) is 15.8. The molecular formula is C18H16N2O7S. The van der Waals surface area contributed by atoms with Gasteiger partial charge in [0, 0.05) is 12.1 Å². The number of nitrogens with zero attached hydrogens (tertiary/aromatic N) is 2. The van der Waals surface area contributed by atoms with Gasteiger partial charge in [-0.1, -0.05) is 26.0 Å². The number of hydroxylamine groups is 2. The first-order valence-electron chi connectivity index (χ1n) is 8.37. The molecule has 1 aliphatic rings. The smallest absolute Gasteiger partial charge is 0.266 e. The Balaban J connectivity index is 1.87. The summed E-state index contributed by atoms with van der Waals surface area (Å²) < 4.78 is 29.7. The molecule has 0 aromatic heterocycles. The number of rotatable bonds is 6. The van der Waals surface area contributed by atoms with Gasteiger partial charge in [-0.2, -0.15) is 8.42 Å². The van der Waals surface area contributed by atoms with Crippen molar-refractivity contribution in [2.75, 3.05) is 0 Å². The fourth-order valence-electron chi connectivity index (χ4n) is 2.73. The molecule has 0 N–H and O–H groups in total. The quantitative estimate of drug-likeness (QED) is 0.412. The average molecular weight is 404 g/mol. The lowest BCUT2D eigenvalue weighted by atomic mass is 9.99. The molecule has 0 saturated heterocycles. The van der Waals surface area contributed by atoms with Crippen LogP contribution in [0.1, 0.15) is 52.5 Å². The number of nitro groups is 1. The van der Waals surface area contributed by atoms with Gasteiger partial charge in [0.1, 0.15) is 0 Å². The van der Waals surface area contributed by atoms with Crippen LogP contribution in [0.5, 0.6) is 0 Å². The standard InChI is InChI=1S/C18H16N2O7S/c1-3-11(2)12-4-7-14(8-5-12)28(25,26)27-19-17(21)15-9-6-13(20(23)24)10-16(15)18(19)22/h4-11H,3H2,1-2H3. The van der Waals surface area contributed by atoms with Gasteiger partial charge in [0.25, 0.3) is 17.5 Å². The maximum atomic E-state index is 12.5. The first-order valence-corrected chi connectivity index (χ1v) is 9.78. The molecule has 1 unspecified atom stereocenters. The molecular weight excluding hydrogens is 388 g/mol. The fraction of sp³-hybridized carbons (Fsp3) is 0.222. The van der Waals surface area contributed by atoms with Gasteiger partial charge in [0.2, 0.25) is 0 Å². The van der Waals surface area contributed by atoms with Crippen molar-refractivity contribution in [3.05, 3.63) is 69.3 Å². The highest BCUT2D eigenvalue weighted by molar-refractivity contribution is 7.86. The van der Waals surface area contributed by atoms with E-state index >= 15 is 0 Å². The van der Waals surface area contributed by atoms with Crippen molar-refractivity contribution < 1.29 is 27.2 Å². The Bertz CT molecular complexity index is 1080. The fourth-order valence-corrected chi connectivity index (χ4v) is 3.61. The van der Waals surface area contributed by atoms with E-state index in [1.807, 2.05) is 13.8 Å². The van der Waals surface area contributed by atoms with Gasteiger partial charge in [-0.25, -0.2) is 0 Å². The van der Waals surface area contributed by atoms with Gasteiger partial charge in [0.05, 0.1) is 20.9 Å². The SMILES string of the molecule is CCC(C)c1ccc(S(=O)(=O)ON2C(=O)c3ccc([N+](=O)[O-])cc3C2=O)cc1. The Kier molecular flexibility index (Phi) is 5.01. The van der Waals surface area contributed by atoms with E-state index in [1.54, 1.807) is 12.1 Å². The summed E-state index contributed by atoms with van der Waals surface area (Å²) in [4.78, 5) is 34.6. The molecule has 146 valence electrons. The van der Waals surface area contributed by atoms with Gasteiger partial charge in [-0.05, 0) is 36.1 Å². The molecule has 9 nitrogen and oxygen atoms in total. The Morgan fingerprint density at radius 3 is 2.25 bits per heavy atom. The van der Waals surface area contributed by atoms with Crippen molar-refractivity contribution in [3.8, 4) is 0 Å². The van der Waals surface area contributed by atoms with E-state index < -0.39 is 32.5 Å². The lowest BCUT2D eigenvalue weighted by Crippen LogP contribution is -2.32. The monoisotopic (exact) mass is 404 g/mol. The number of nitro benzene ring substituents is 1. The molecule has 2 aromatic rings. The van der Waals surface area contributed by atoms with Crippen LogP contribution in [0.25, 0.3) is 0 Å². The second kappa shape index (κ2) is 7.13. The highest BCUT2D eigenvalue weighted by Crippen LogP contribution is 2.29. The summed E-state index contributed by atoms with van der Waals surface area (Å²) in [5.41, 5.74) is 0.0826. The number of carbonyl (C=O) groups excluding carboxylic acids is 2. The van der Waals surface area contributed by atoms with Crippen LogP contribution >= 0.6 is 0 Å². The molecule has 1 heterocycles. The Hall–Kier alpha value is -3.11. The predicted octanol–water partition coefficient (Wildman–Crippen LogP) is 3.02. The highest BCUT2D eigenvalue weighted by atomic mass is 32.2. The average Bonchev–Trinajstić information content (AvgIpc) is 2.91. The third kappa shape index (κ3) is 3.39. The largest absolute Gasteiger partial charge is 0.318 e. The molecule has 10 heteroatoms. The van der Waals surface area contributed by atoms with E-state index in [0.717, 1.165) is 30.2 Å². The Morgan fingerprint density at radius 1 is 1.07 bits per heavy atom. The predicted molar refractivity (Wildman–Crippen MR) is 97.0 cm³/mol. The summed E-state index contributed by atoms with van der Waals surface area (Å²) in [5, 5.41) is 11.0. The summed E-state index contributed by atoms with van der Waals surface area (Å²) in [6.07, 6.45) is 0.879. The van der Waals surface area contributed by atoms with Crippen LogP contribution in [0, 0.1) is 10.1 Å². The highest BCUT2D eigenvalue weighted by Gasteiger charge is 2.41. The molecule has 2 amide bonds. The third-order valence-corrected chi connectivity index (χ3v) is 5.76. The van der Waals surface area contributed by atoms with Gasteiger partial charge in [-0.15, -0.1) is 9.35 Å². The number of hydrogen-bond acceptors (Lipinski definition) is 7. The summed E-state index contributed by atoms with van der Waals surface area (Å²) >= 11 is 0. The van der Waals surface area contributed by atoms with E-state index in [9.17, 15) is 28.1 Å². The summed E-state index contributed by atoms with van der Waals surface area (Å²) in [6.45, 7) is 4.00. The Morgan fingerprint density at radius 2 is 1.68 bits per heavy atom. The maximum absolute atomic E-state index is 12.5. The molecule has 0 radical (unpaired) electrons. The molecule has 1 atom stereocenters. The lowest BCUT2D eigenvalue weighted by Gasteiger charge is -2.14.